The van der Waals surface area contributed by atoms with Crippen LogP contribution < -0.4 is 5.32 Å². The molecule has 7 heteroatoms. The maximum absolute atomic E-state index is 11.8. The van der Waals surface area contributed by atoms with Gasteiger partial charge in [0.05, 0.1) is 6.10 Å². The summed E-state index contributed by atoms with van der Waals surface area (Å²) in [5, 5.41) is 11.1. The van der Waals surface area contributed by atoms with E-state index in [1.54, 1.807) is 26.0 Å². The Kier molecular flexibility index (Phi) is 5.64. The van der Waals surface area contributed by atoms with E-state index in [-0.39, 0.29) is 5.69 Å². The Morgan fingerprint density at radius 2 is 2.10 bits per heavy atom. The number of hydrogen-bond donors (Lipinski definition) is 2. The third kappa shape index (κ3) is 4.34. The van der Waals surface area contributed by atoms with Gasteiger partial charge in [0.25, 0.3) is 5.91 Å². The second-order valence-corrected chi connectivity index (χ2v) is 4.12. The summed E-state index contributed by atoms with van der Waals surface area (Å²) in [6.45, 7) is 3.43. The van der Waals surface area contributed by atoms with Gasteiger partial charge in [0.1, 0.15) is 5.69 Å². The summed E-state index contributed by atoms with van der Waals surface area (Å²) >= 11 is 0. The van der Waals surface area contributed by atoms with E-state index in [4.69, 9.17) is 9.84 Å². The van der Waals surface area contributed by atoms with E-state index >= 15 is 0 Å². The van der Waals surface area contributed by atoms with Crippen LogP contribution in [0.4, 0.5) is 0 Å². The number of carbonyl (C=O) groups excluding carboxylic acids is 2. The van der Waals surface area contributed by atoms with Gasteiger partial charge in [-0.2, -0.15) is 0 Å². The number of carboxylic acid groups (broad SMARTS) is 1. The largest absolute Gasteiger partial charge is 0.479 e. The fourth-order valence-electron chi connectivity index (χ4n) is 1.27. The Balaban J connectivity index is 2.75. The lowest BCUT2D eigenvalue weighted by Crippen LogP contribution is -2.48. The van der Waals surface area contributed by atoms with Crippen molar-refractivity contribution in [3.8, 4) is 0 Å². The lowest BCUT2D eigenvalue weighted by molar-refractivity contribution is -0.158. The van der Waals surface area contributed by atoms with Crippen LogP contribution in [0.3, 0.4) is 0 Å². The third-order valence-corrected chi connectivity index (χ3v) is 2.55. The van der Waals surface area contributed by atoms with Gasteiger partial charge in [0.2, 0.25) is 6.04 Å². The fraction of sp³-hybridized carbons (Fsp3) is 0.385. The van der Waals surface area contributed by atoms with E-state index in [2.05, 4.69) is 10.3 Å². The van der Waals surface area contributed by atoms with E-state index in [1.165, 1.54) is 12.3 Å². The molecule has 0 aliphatic rings. The monoisotopic (exact) mass is 280 g/mol. The highest BCUT2D eigenvalue weighted by atomic mass is 16.5. The molecule has 1 heterocycles. The molecular weight excluding hydrogens is 264 g/mol. The van der Waals surface area contributed by atoms with Crippen LogP contribution in [0.2, 0.25) is 0 Å². The van der Waals surface area contributed by atoms with Crippen LogP contribution in [0.1, 0.15) is 30.8 Å². The standard InChI is InChI=1S/C13H16N2O5/c1-3-8(2)20-13(19)10(12(17)18)15-11(16)9-6-4-5-7-14-9/h4-8,10H,3H2,1-2H3,(H,15,16)(H,17,18). The number of aliphatic carboxylic acids is 1. The molecule has 0 fully saturated rings. The number of amides is 1. The first kappa shape index (κ1) is 15.6. The zero-order valence-corrected chi connectivity index (χ0v) is 11.2. The Bertz CT molecular complexity index is 489. The molecule has 2 unspecified atom stereocenters. The summed E-state index contributed by atoms with van der Waals surface area (Å²) in [5.74, 6) is -3.24. The smallest absolute Gasteiger partial charge is 0.340 e. The van der Waals surface area contributed by atoms with Gasteiger partial charge in [0, 0.05) is 6.20 Å². The van der Waals surface area contributed by atoms with E-state index in [0.717, 1.165) is 0 Å². The maximum atomic E-state index is 11.8. The molecule has 2 N–H and O–H groups in total. The summed E-state index contributed by atoms with van der Waals surface area (Å²) in [6.07, 6.45) is 1.52. The molecular formula is C13H16N2O5. The zero-order valence-electron chi connectivity index (χ0n) is 11.2. The predicted octanol–water partition coefficient (Wildman–Crippen LogP) is 0.606. The van der Waals surface area contributed by atoms with E-state index in [1.807, 2.05) is 0 Å². The molecule has 1 rings (SSSR count). The third-order valence-electron chi connectivity index (χ3n) is 2.55. The lowest BCUT2D eigenvalue weighted by Gasteiger charge is -2.16. The molecule has 0 aliphatic carbocycles. The van der Waals surface area contributed by atoms with Gasteiger partial charge in [-0.1, -0.05) is 13.0 Å². The number of nitrogens with zero attached hydrogens (tertiary/aromatic N) is 1. The van der Waals surface area contributed by atoms with Gasteiger partial charge in [0.15, 0.2) is 0 Å². The first-order valence-corrected chi connectivity index (χ1v) is 6.11. The molecule has 0 aromatic carbocycles. The molecule has 7 nitrogen and oxygen atoms in total. The Morgan fingerprint density at radius 1 is 1.40 bits per heavy atom. The highest BCUT2D eigenvalue weighted by molar-refractivity contribution is 6.04. The van der Waals surface area contributed by atoms with E-state index in [9.17, 15) is 14.4 Å². The van der Waals surface area contributed by atoms with Crippen LogP contribution in [0, 0.1) is 0 Å². The number of pyridine rings is 1. The molecule has 108 valence electrons. The number of esters is 1. The van der Waals surface area contributed by atoms with Gasteiger partial charge >= 0.3 is 11.9 Å². The minimum Gasteiger partial charge on any atom is -0.479 e. The Hall–Kier alpha value is -2.44. The van der Waals surface area contributed by atoms with Crippen LogP contribution in [-0.4, -0.2) is 40.1 Å². The molecule has 1 amide bonds. The maximum Gasteiger partial charge on any atom is 0.340 e. The Morgan fingerprint density at radius 3 is 2.60 bits per heavy atom. The SMILES string of the molecule is CCC(C)OC(=O)C(NC(=O)c1ccccn1)C(=O)O. The van der Waals surface area contributed by atoms with Crippen molar-refractivity contribution >= 4 is 17.8 Å². The molecule has 0 radical (unpaired) electrons. The number of nitrogens with one attached hydrogen (secondary N) is 1. The summed E-state index contributed by atoms with van der Waals surface area (Å²) in [4.78, 5) is 38.3. The summed E-state index contributed by atoms with van der Waals surface area (Å²) in [6, 6.07) is 2.85. The number of aromatic nitrogens is 1. The molecule has 2 atom stereocenters. The number of carbonyl (C=O) groups is 3. The Labute approximate surface area is 116 Å². The fourth-order valence-corrected chi connectivity index (χ4v) is 1.27. The molecule has 0 saturated carbocycles. The van der Waals surface area contributed by atoms with Crippen molar-refractivity contribution < 1.29 is 24.2 Å². The molecule has 1 aromatic rings. The number of carboxylic acids is 1. The van der Waals surface area contributed by atoms with Crippen molar-refractivity contribution in [2.24, 2.45) is 0 Å². The van der Waals surface area contributed by atoms with Crippen molar-refractivity contribution in [3.05, 3.63) is 30.1 Å². The molecule has 0 saturated heterocycles. The highest BCUT2D eigenvalue weighted by Gasteiger charge is 2.31. The van der Waals surface area contributed by atoms with Crippen LogP contribution in [0.25, 0.3) is 0 Å². The first-order chi connectivity index (χ1) is 9.45. The van der Waals surface area contributed by atoms with Crippen molar-refractivity contribution in [1.82, 2.24) is 10.3 Å². The number of hydrogen-bond acceptors (Lipinski definition) is 5. The second-order valence-electron chi connectivity index (χ2n) is 4.12. The first-order valence-electron chi connectivity index (χ1n) is 6.11. The normalized spacial score (nSPS) is 13.1. The van der Waals surface area contributed by atoms with Gasteiger partial charge in [-0.25, -0.2) is 9.59 Å². The summed E-state index contributed by atoms with van der Waals surface area (Å²) in [7, 11) is 0. The predicted molar refractivity (Wildman–Crippen MR) is 69.0 cm³/mol. The average molecular weight is 280 g/mol. The van der Waals surface area contributed by atoms with Gasteiger partial charge in [-0.05, 0) is 25.5 Å². The molecule has 0 aliphatic heterocycles. The lowest BCUT2D eigenvalue weighted by atomic mass is 10.2. The molecule has 1 aromatic heterocycles. The van der Waals surface area contributed by atoms with E-state index in [0.29, 0.717) is 6.42 Å². The van der Waals surface area contributed by atoms with E-state index < -0.39 is 30.0 Å². The van der Waals surface area contributed by atoms with Crippen LogP contribution in [-0.2, 0) is 14.3 Å². The average Bonchev–Trinajstić information content (AvgIpc) is 2.44. The summed E-state index contributed by atoms with van der Waals surface area (Å²) in [5.41, 5.74) is 0.0232. The molecule has 0 spiro atoms. The number of rotatable bonds is 6. The topological polar surface area (TPSA) is 106 Å². The number of ether oxygens (including phenoxy) is 1. The van der Waals surface area contributed by atoms with Crippen molar-refractivity contribution in [1.29, 1.82) is 0 Å². The van der Waals surface area contributed by atoms with Crippen molar-refractivity contribution in [3.63, 3.8) is 0 Å². The second kappa shape index (κ2) is 7.22. The molecule has 0 bridgehead atoms. The molecule has 20 heavy (non-hydrogen) atoms. The minimum atomic E-state index is -1.75. The van der Waals surface area contributed by atoms with Crippen molar-refractivity contribution in [2.75, 3.05) is 0 Å². The van der Waals surface area contributed by atoms with Gasteiger partial charge in [-0.3, -0.25) is 9.78 Å². The van der Waals surface area contributed by atoms with Crippen LogP contribution >= 0.6 is 0 Å². The quantitative estimate of drug-likeness (QED) is 0.584. The zero-order chi connectivity index (χ0) is 15.1. The van der Waals surface area contributed by atoms with Crippen molar-refractivity contribution in [2.45, 2.75) is 32.4 Å². The van der Waals surface area contributed by atoms with Crippen LogP contribution in [0.15, 0.2) is 24.4 Å². The highest BCUT2D eigenvalue weighted by Crippen LogP contribution is 2.01. The van der Waals surface area contributed by atoms with Gasteiger partial charge < -0.3 is 15.2 Å². The minimum absolute atomic E-state index is 0.0232. The van der Waals surface area contributed by atoms with Crippen LogP contribution in [0.5, 0.6) is 0 Å². The summed E-state index contributed by atoms with van der Waals surface area (Å²) < 4.78 is 4.90. The van der Waals surface area contributed by atoms with Gasteiger partial charge in [-0.15, -0.1) is 0 Å².